The summed E-state index contributed by atoms with van der Waals surface area (Å²) in [4.78, 5) is 6.70. The van der Waals surface area contributed by atoms with Crippen molar-refractivity contribution in [3.05, 3.63) is 30.3 Å². The van der Waals surface area contributed by atoms with Gasteiger partial charge in [-0.1, -0.05) is 0 Å². The van der Waals surface area contributed by atoms with Crippen molar-refractivity contribution in [2.24, 2.45) is 0 Å². The van der Waals surface area contributed by atoms with Crippen LogP contribution in [0.2, 0.25) is 0 Å². The van der Waals surface area contributed by atoms with Crippen LogP contribution in [-0.4, -0.2) is 29.3 Å². The number of nitrogens with two attached hydrogens (primary N) is 1. The van der Waals surface area contributed by atoms with Gasteiger partial charge in [0.05, 0.1) is 11.6 Å². The number of β-amino-alcohol motifs (C(OH)–C–C–N with tert-alkyl or cyclic N) is 1. The number of rotatable bonds is 1. The average Bonchev–Trinajstić information content (AvgIpc) is 2.75. The van der Waals surface area contributed by atoms with Gasteiger partial charge in [-0.05, 0) is 36.8 Å². The highest BCUT2D eigenvalue weighted by molar-refractivity contribution is 5.83. The van der Waals surface area contributed by atoms with Crippen molar-refractivity contribution in [1.29, 1.82) is 0 Å². The molecule has 0 bridgehead atoms. The van der Waals surface area contributed by atoms with Crippen LogP contribution in [0.15, 0.2) is 30.3 Å². The van der Waals surface area contributed by atoms with Gasteiger partial charge < -0.3 is 15.7 Å². The van der Waals surface area contributed by atoms with Crippen LogP contribution in [0, 0.1) is 0 Å². The Morgan fingerprint density at radius 1 is 1.29 bits per heavy atom. The molecule has 4 heteroatoms. The molecule has 0 amide bonds. The fourth-order valence-electron chi connectivity index (χ4n) is 2.26. The molecule has 4 nitrogen and oxygen atoms in total. The summed E-state index contributed by atoms with van der Waals surface area (Å²) in [6, 6.07) is 9.72. The van der Waals surface area contributed by atoms with Crippen molar-refractivity contribution in [1.82, 2.24) is 4.98 Å². The lowest BCUT2D eigenvalue weighted by Gasteiger charge is -2.16. The Labute approximate surface area is 99.7 Å². The molecular formula is C13H15N3O. The quantitative estimate of drug-likeness (QED) is 0.725. The maximum Gasteiger partial charge on any atom is 0.129 e. The van der Waals surface area contributed by atoms with Crippen LogP contribution in [0.3, 0.4) is 0 Å². The fraction of sp³-hybridized carbons (Fsp3) is 0.308. The van der Waals surface area contributed by atoms with Gasteiger partial charge in [-0.3, -0.25) is 0 Å². The van der Waals surface area contributed by atoms with Crippen LogP contribution in [-0.2, 0) is 0 Å². The third-order valence-corrected chi connectivity index (χ3v) is 3.19. The van der Waals surface area contributed by atoms with Crippen LogP contribution >= 0.6 is 0 Å². The number of aromatic nitrogens is 1. The molecule has 0 saturated carbocycles. The van der Waals surface area contributed by atoms with Gasteiger partial charge in [-0.2, -0.15) is 0 Å². The van der Waals surface area contributed by atoms with E-state index in [0.29, 0.717) is 6.54 Å². The summed E-state index contributed by atoms with van der Waals surface area (Å²) >= 11 is 0. The van der Waals surface area contributed by atoms with Gasteiger partial charge in [-0.25, -0.2) is 4.98 Å². The molecule has 88 valence electrons. The van der Waals surface area contributed by atoms with Gasteiger partial charge in [0.2, 0.25) is 0 Å². The zero-order chi connectivity index (χ0) is 11.8. The van der Waals surface area contributed by atoms with Gasteiger partial charge in [0.1, 0.15) is 5.82 Å². The van der Waals surface area contributed by atoms with Gasteiger partial charge in [0, 0.05) is 24.2 Å². The standard InChI is InChI=1S/C13H15N3O/c14-10-2-3-12-9(7-10)1-4-13(15-12)16-6-5-11(17)8-16/h1-4,7,11,17H,5-6,8,14H2. The van der Waals surface area contributed by atoms with Crippen molar-refractivity contribution in [2.45, 2.75) is 12.5 Å². The van der Waals surface area contributed by atoms with Crippen molar-refractivity contribution >= 4 is 22.4 Å². The number of pyridine rings is 1. The minimum atomic E-state index is -0.223. The molecular weight excluding hydrogens is 214 g/mol. The zero-order valence-corrected chi connectivity index (χ0v) is 9.50. The highest BCUT2D eigenvalue weighted by Gasteiger charge is 2.21. The molecule has 1 saturated heterocycles. The SMILES string of the molecule is Nc1ccc2nc(N3CCC(O)C3)ccc2c1. The maximum absolute atomic E-state index is 9.52. The van der Waals surface area contributed by atoms with E-state index in [1.165, 1.54) is 0 Å². The molecule has 1 aliphatic heterocycles. The summed E-state index contributed by atoms with van der Waals surface area (Å²) in [6.07, 6.45) is 0.598. The van der Waals surface area contributed by atoms with E-state index in [4.69, 9.17) is 5.73 Å². The lowest BCUT2D eigenvalue weighted by Crippen LogP contribution is -2.22. The maximum atomic E-state index is 9.52. The first-order chi connectivity index (χ1) is 8.22. The van der Waals surface area contributed by atoms with Crippen molar-refractivity contribution in [3.8, 4) is 0 Å². The first-order valence-corrected chi connectivity index (χ1v) is 5.82. The smallest absolute Gasteiger partial charge is 0.129 e. The monoisotopic (exact) mass is 229 g/mol. The molecule has 1 aliphatic rings. The number of hydrogen-bond donors (Lipinski definition) is 2. The lowest BCUT2D eigenvalue weighted by atomic mass is 10.2. The molecule has 1 fully saturated rings. The van der Waals surface area contributed by atoms with Crippen LogP contribution in [0.1, 0.15) is 6.42 Å². The van der Waals surface area contributed by atoms with E-state index in [2.05, 4.69) is 9.88 Å². The van der Waals surface area contributed by atoms with Gasteiger partial charge in [-0.15, -0.1) is 0 Å². The van der Waals surface area contributed by atoms with Crippen LogP contribution in [0.4, 0.5) is 11.5 Å². The first-order valence-electron chi connectivity index (χ1n) is 5.82. The largest absolute Gasteiger partial charge is 0.399 e. The molecule has 0 radical (unpaired) electrons. The Bertz CT molecular complexity index is 555. The second-order valence-corrected chi connectivity index (χ2v) is 4.51. The molecule has 1 atom stereocenters. The minimum Gasteiger partial charge on any atom is -0.399 e. The predicted molar refractivity (Wildman–Crippen MR) is 69.0 cm³/mol. The number of fused-ring (bicyclic) bond motifs is 1. The molecule has 1 aromatic heterocycles. The number of aliphatic hydroxyl groups is 1. The van der Waals surface area contributed by atoms with Crippen LogP contribution in [0.5, 0.6) is 0 Å². The van der Waals surface area contributed by atoms with Crippen molar-refractivity contribution in [2.75, 3.05) is 23.7 Å². The normalized spacial score (nSPS) is 20.1. The number of hydrogen-bond acceptors (Lipinski definition) is 4. The highest BCUT2D eigenvalue weighted by atomic mass is 16.3. The summed E-state index contributed by atoms with van der Waals surface area (Å²) in [5.74, 6) is 0.929. The molecule has 0 spiro atoms. The first kappa shape index (κ1) is 10.4. The third-order valence-electron chi connectivity index (χ3n) is 3.19. The van der Waals surface area contributed by atoms with E-state index in [9.17, 15) is 5.11 Å². The van der Waals surface area contributed by atoms with Gasteiger partial charge in [0.25, 0.3) is 0 Å². The summed E-state index contributed by atoms with van der Waals surface area (Å²) in [7, 11) is 0. The predicted octanol–water partition coefficient (Wildman–Crippen LogP) is 1.39. The highest BCUT2D eigenvalue weighted by Crippen LogP contribution is 2.22. The molecule has 2 aromatic rings. The zero-order valence-electron chi connectivity index (χ0n) is 9.50. The van der Waals surface area contributed by atoms with E-state index < -0.39 is 0 Å². The van der Waals surface area contributed by atoms with Crippen molar-refractivity contribution < 1.29 is 5.11 Å². The topological polar surface area (TPSA) is 62.4 Å². The number of anilines is 2. The summed E-state index contributed by atoms with van der Waals surface area (Å²) in [6.45, 7) is 1.54. The Morgan fingerprint density at radius 3 is 2.94 bits per heavy atom. The second kappa shape index (κ2) is 3.89. The van der Waals surface area contributed by atoms with E-state index in [1.54, 1.807) is 0 Å². The summed E-state index contributed by atoms with van der Waals surface area (Å²) < 4.78 is 0. The molecule has 1 unspecified atom stereocenters. The van der Waals surface area contributed by atoms with Crippen LogP contribution < -0.4 is 10.6 Å². The molecule has 3 N–H and O–H groups in total. The average molecular weight is 229 g/mol. The fourth-order valence-corrected chi connectivity index (χ4v) is 2.26. The second-order valence-electron chi connectivity index (χ2n) is 4.51. The number of aliphatic hydroxyl groups excluding tert-OH is 1. The Hall–Kier alpha value is -1.81. The molecule has 17 heavy (non-hydrogen) atoms. The Balaban J connectivity index is 1.99. The van der Waals surface area contributed by atoms with Gasteiger partial charge in [0.15, 0.2) is 0 Å². The van der Waals surface area contributed by atoms with E-state index in [0.717, 1.165) is 35.4 Å². The Kier molecular flexibility index (Phi) is 2.37. The number of nitrogen functional groups attached to an aromatic ring is 1. The Morgan fingerprint density at radius 2 is 2.18 bits per heavy atom. The molecule has 2 heterocycles. The van der Waals surface area contributed by atoms with E-state index >= 15 is 0 Å². The van der Waals surface area contributed by atoms with E-state index in [1.807, 2.05) is 30.3 Å². The summed E-state index contributed by atoms with van der Waals surface area (Å²) in [5.41, 5.74) is 7.43. The molecule has 0 aliphatic carbocycles. The lowest BCUT2D eigenvalue weighted by molar-refractivity contribution is 0.198. The number of nitrogens with zero attached hydrogens (tertiary/aromatic N) is 2. The third kappa shape index (κ3) is 1.91. The summed E-state index contributed by atoms with van der Waals surface area (Å²) in [5, 5.41) is 10.6. The van der Waals surface area contributed by atoms with Crippen LogP contribution in [0.25, 0.3) is 10.9 Å². The molecule has 1 aromatic carbocycles. The van der Waals surface area contributed by atoms with Gasteiger partial charge >= 0.3 is 0 Å². The number of benzene rings is 1. The van der Waals surface area contributed by atoms with Crippen molar-refractivity contribution in [3.63, 3.8) is 0 Å². The molecule has 3 rings (SSSR count). The minimum absolute atomic E-state index is 0.223. The van der Waals surface area contributed by atoms with E-state index in [-0.39, 0.29) is 6.10 Å².